The van der Waals surface area contributed by atoms with Gasteiger partial charge in [-0.1, -0.05) is 59.9 Å². The third-order valence-corrected chi connectivity index (χ3v) is 6.04. The summed E-state index contributed by atoms with van der Waals surface area (Å²) in [5.41, 5.74) is 4.75. The number of anilines is 1. The van der Waals surface area contributed by atoms with Crippen LogP contribution in [0.15, 0.2) is 84.0 Å². The van der Waals surface area contributed by atoms with Gasteiger partial charge in [0.1, 0.15) is 11.1 Å². The standard InChI is InChI=1S/C27H25N5O4S/c1-18(20-9-5-3-6-10-20)36-22-14-13-19(15-23(22)35-2)17-28-30-24(33)16-25-31-32-27(37-25)29-26(34)21-11-7-4-8-12-21/h3-15,17-18H,16H2,1-2H3,(H,30,33)(H,29,32,34)/b28-17+. The van der Waals surface area contributed by atoms with Gasteiger partial charge in [-0.2, -0.15) is 5.10 Å². The van der Waals surface area contributed by atoms with E-state index in [1.807, 2.05) is 49.4 Å². The molecule has 1 unspecified atom stereocenters. The molecule has 0 spiro atoms. The molecule has 0 saturated heterocycles. The number of ether oxygens (including phenoxy) is 2. The van der Waals surface area contributed by atoms with Crippen LogP contribution in [0.2, 0.25) is 0 Å². The van der Waals surface area contributed by atoms with Gasteiger partial charge in [0.25, 0.3) is 5.91 Å². The summed E-state index contributed by atoms with van der Waals surface area (Å²) in [5, 5.41) is 15.3. The molecule has 0 fully saturated rings. The average molecular weight is 516 g/mol. The number of aromatic nitrogens is 2. The molecule has 0 aliphatic rings. The number of rotatable bonds is 10. The second-order valence-corrected chi connectivity index (χ2v) is 8.93. The fourth-order valence-corrected chi connectivity index (χ4v) is 4.07. The Morgan fingerprint density at radius 2 is 1.73 bits per heavy atom. The first-order valence-electron chi connectivity index (χ1n) is 11.4. The summed E-state index contributed by atoms with van der Waals surface area (Å²) in [6.45, 7) is 1.97. The van der Waals surface area contributed by atoms with Gasteiger partial charge in [0.2, 0.25) is 11.0 Å². The normalized spacial score (nSPS) is 11.6. The molecule has 9 nitrogen and oxygen atoms in total. The predicted molar refractivity (Wildman–Crippen MR) is 142 cm³/mol. The highest BCUT2D eigenvalue weighted by atomic mass is 32.1. The molecule has 0 radical (unpaired) electrons. The third kappa shape index (κ3) is 7.21. The number of carbonyl (C=O) groups excluding carboxylic acids is 2. The highest BCUT2D eigenvalue weighted by molar-refractivity contribution is 7.15. The molecule has 188 valence electrons. The van der Waals surface area contributed by atoms with Crippen molar-refractivity contribution in [2.24, 2.45) is 5.10 Å². The largest absolute Gasteiger partial charge is 0.493 e. The summed E-state index contributed by atoms with van der Waals surface area (Å²) in [5.74, 6) is 0.499. The highest BCUT2D eigenvalue weighted by Crippen LogP contribution is 2.31. The van der Waals surface area contributed by atoms with Crippen LogP contribution >= 0.6 is 11.3 Å². The number of nitrogens with zero attached hydrogens (tertiary/aromatic N) is 3. The van der Waals surface area contributed by atoms with Gasteiger partial charge in [-0.3, -0.25) is 14.9 Å². The number of amides is 2. The van der Waals surface area contributed by atoms with Gasteiger partial charge < -0.3 is 9.47 Å². The van der Waals surface area contributed by atoms with Crippen LogP contribution in [0.3, 0.4) is 0 Å². The van der Waals surface area contributed by atoms with Gasteiger partial charge in [-0.15, -0.1) is 10.2 Å². The Kier molecular flexibility index (Phi) is 8.56. The number of hydrogen-bond donors (Lipinski definition) is 2. The van der Waals surface area contributed by atoms with E-state index in [1.165, 1.54) is 6.21 Å². The van der Waals surface area contributed by atoms with Crippen molar-refractivity contribution in [3.63, 3.8) is 0 Å². The Balaban J connectivity index is 1.29. The van der Waals surface area contributed by atoms with Gasteiger partial charge in [-0.25, -0.2) is 5.43 Å². The molecule has 0 aliphatic carbocycles. The Morgan fingerprint density at radius 1 is 1.00 bits per heavy atom. The fraction of sp³-hybridized carbons (Fsp3) is 0.148. The monoisotopic (exact) mass is 515 g/mol. The first kappa shape index (κ1) is 25.5. The minimum absolute atomic E-state index is 0.0241. The van der Waals surface area contributed by atoms with Crippen LogP contribution in [0.1, 0.15) is 39.5 Å². The van der Waals surface area contributed by atoms with Crippen LogP contribution in [0.4, 0.5) is 5.13 Å². The lowest BCUT2D eigenvalue weighted by Crippen LogP contribution is -2.19. The zero-order valence-corrected chi connectivity index (χ0v) is 21.1. The minimum atomic E-state index is -0.364. The quantitative estimate of drug-likeness (QED) is 0.235. The van der Waals surface area contributed by atoms with E-state index in [1.54, 1.807) is 43.5 Å². The van der Waals surface area contributed by atoms with Crippen molar-refractivity contribution >= 4 is 34.5 Å². The number of methoxy groups -OCH3 is 1. The molecule has 0 aliphatic heterocycles. The number of hydrogen-bond acceptors (Lipinski definition) is 8. The lowest BCUT2D eigenvalue weighted by atomic mass is 10.1. The Labute approximate surface area is 218 Å². The first-order valence-corrected chi connectivity index (χ1v) is 12.2. The second kappa shape index (κ2) is 12.4. The average Bonchev–Trinajstić information content (AvgIpc) is 3.36. The van der Waals surface area contributed by atoms with Crippen LogP contribution in [0.5, 0.6) is 11.5 Å². The molecular weight excluding hydrogens is 490 g/mol. The number of nitrogens with one attached hydrogen (secondary N) is 2. The first-order chi connectivity index (χ1) is 18.0. The van der Waals surface area contributed by atoms with E-state index in [-0.39, 0.29) is 24.3 Å². The maximum Gasteiger partial charge on any atom is 0.257 e. The molecule has 10 heteroatoms. The van der Waals surface area contributed by atoms with Crippen LogP contribution < -0.4 is 20.2 Å². The van der Waals surface area contributed by atoms with Gasteiger partial charge in [0, 0.05) is 5.56 Å². The van der Waals surface area contributed by atoms with Gasteiger partial charge in [0.15, 0.2) is 11.5 Å². The van der Waals surface area contributed by atoms with Crippen molar-refractivity contribution in [1.29, 1.82) is 0 Å². The molecule has 2 N–H and O–H groups in total. The number of hydrazone groups is 1. The Morgan fingerprint density at radius 3 is 2.46 bits per heavy atom. The summed E-state index contributed by atoms with van der Waals surface area (Å²) in [6, 6.07) is 24.1. The van der Waals surface area contributed by atoms with E-state index in [0.717, 1.165) is 22.5 Å². The van der Waals surface area contributed by atoms with Crippen molar-refractivity contribution in [1.82, 2.24) is 15.6 Å². The zero-order valence-electron chi connectivity index (χ0n) is 20.3. The lowest BCUT2D eigenvalue weighted by Gasteiger charge is -2.17. The highest BCUT2D eigenvalue weighted by Gasteiger charge is 2.13. The minimum Gasteiger partial charge on any atom is -0.493 e. The van der Waals surface area contributed by atoms with Crippen molar-refractivity contribution < 1.29 is 19.1 Å². The molecule has 3 aromatic carbocycles. The molecule has 2 amide bonds. The maximum atomic E-state index is 12.3. The van der Waals surface area contributed by atoms with Crippen molar-refractivity contribution in [3.05, 3.63) is 101 Å². The Hall–Kier alpha value is -4.57. The smallest absolute Gasteiger partial charge is 0.257 e. The molecule has 0 saturated carbocycles. The predicted octanol–water partition coefficient (Wildman–Crippen LogP) is 4.63. The van der Waals surface area contributed by atoms with Crippen LogP contribution in [-0.4, -0.2) is 35.3 Å². The van der Waals surface area contributed by atoms with E-state index in [9.17, 15) is 9.59 Å². The number of carbonyl (C=O) groups is 2. The van der Waals surface area contributed by atoms with Gasteiger partial charge in [-0.05, 0) is 48.4 Å². The summed E-state index contributed by atoms with van der Waals surface area (Å²) < 4.78 is 11.5. The van der Waals surface area contributed by atoms with Gasteiger partial charge in [0.05, 0.1) is 19.7 Å². The third-order valence-electron chi connectivity index (χ3n) is 5.20. The van der Waals surface area contributed by atoms with E-state index < -0.39 is 0 Å². The van der Waals surface area contributed by atoms with E-state index in [0.29, 0.717) is 27.2 Å². The van der Waals surface area contributed by atoms with Gasteiger partial charge >= 0.3 is 0 Å². The SMILES string of the molecule is COc1cc(/C=N/NC(=O)Cc2nnc(NC(=O)c3ccccc3)s2)ccc1OC(C)c1ccccc1. The Bertz CT molecular complexity index is 1380. The van der Waals surface area contributed by atoms with E-state index >= 15 is 0 Å². The fourth-order valence-electron chi connectivity index (χ4n) is 3.33. The molecule has 37 heavy (non-hydrogen) atoms. The second-order valence-electron chi connectivity index (χ2n) is 7.87. The van der Waals surface area contributed by atoms with Crippen LogP contribution in [0.25, 0.3) is 0 Å². The van der Waals surface area contributed by atoms with E-state index in [4.69, 9.17) is 9.47 Å². The molecule has 1 atom stereocenters. The topological polar surface area (TPSA) is 115 Å². The lowest BCUT2D eigenvalue weighted by molar-refractivity contribution is -0.120. The van der Waals surface area contributed by atoms with Crippen molar-refractivity contribution in [2.75, 3.05) is 12.4 Å². The van der Waals surface area contributed by atoms with Crippen molar-refractivity contribution in [2.45, 2.75) is 19.4 Å². The summed E-state index contributed by atoms with van der Waals surface area (Å²) >= 11 is 1.13. The van der Waals surface area contributed by atoms with Crippen LogP contribution in [-0.2, 0) is 11.2 Å². The molecule has 4 rings (SSSR count). The molecular formula is C27H25N5O4S. The molecule has 1 heterocycles. The van der Waals surface area contributed by atoms with Crippen molar-refractivity contribution in [3.8, 4) is 11.5 Å². The van der Waals surface area contributed by atoms with E-state index in [2.05, 4.69) is 26.0 Å². The molecule has 4 aromatic rings. The van der Waals surface area contributed by atoms with Crippen LogP contribution in [0, 0.1) is 0 Å². The summed E-state index contributed by atoms with van der Waals surface area (Å²) in [6.07, 6.45) is 1.33. The molecule has 1 aromatic heterocycles. The molecule has 0 bridgehead atoms. The summed E-state index contributed by atoms with van der Waals surface area (Å²) in [7, 11) is 1.57. The zero-order chi connectivity index (χ0) is 26.0. The maximum absolute atomic E-state index is 12.3. The summed E-state index contributed by atoms with van der Waals surface area (Å²) in [4.78, 5) is 24.5. The number of benzene rings is 3.